The monoisotopic (exact) mass is 251 g/mol. The van der Waals surface area contributed by atoms with E-state index < -0.39 is 0 Å². The second-order valence-corrected chi connectivity index (χ2v) is 3.95. The van der Waals surface area contributed by atoms with Crippen molar-refractivity contribution in [3.8, 4) is 12.3 Å². The van der Waals surface area contributed by atoms with E-state index >= 15 is 0 Å². The van der Waals surface area contributed by atoms with Crippen LogP contribution in [-0.2, 0) is 0 Å². The Morgan fingerprint density at radius 3 is 2.82 bits per heavy atom. The van der Waals surface area contributed by atoms with Gasteiger partial charge >= 0.3 is 6.03 Å². The lowest BCUT2D eigenvalue weighted by Crippen LogP contribution is -2.29. The molecule has 0 aromatic heterocycles. The van der Waals surface area contributed by atoms with Gasteiger partial charge in [0.15, 0.2) is 0 Å². The number of halogens is 1. The first-order valence-electron chi connectivity index (χ1n) is 5.00. The minimum absolute atomic E-state index is 0.184. The molecule has 0 radical (unpaired) electrons. The fourth-order valence-corrected chi connectivity index (χ4v) is 1.71. The molecule has 0 bridgehead atoms. The van der Waals surface area contributed by atoms with Gasteiger partial charge in [0.1, 0.15) is 0 Å². The Morgan fingerprint density at radius 2 is 2.24 bits per heavy atom. The Balaban J connectivity index is 2.88. The number of hydrogen-bond donors (Lipinski definition) is 2. The number of amides is 2. The van der Waals surface area contributed by atoms with Gasteiger partial charge in [0.25, 0.3) is 0 Å². The van der Waals surface area contributed by atoms with E-state index in [1.807, 2.05) is 19.0 Å². The summed E-state index contributed by atoms with van der Waals surface area (Å²) in [6.45, 7) is 0.184. The lowest BCUT2D eigenvalue weighted by atomic mass is 10.2. The van der Waals surface area contributed by atoms with E-state index in [9.17, 15) is 4.79 Å². The molecule has 1 aromatic carbocycles. The number of hydrogen-bond acceptors (Lipinski definition) is 2. The fourth-order valence-electron chi connectivity index (χ4n) is 1.37. The zero-order chi connectivity index (χ0) is 12.8. The molecule has 0 fully saturated rings. The van der Waals surface area contributed by atoms with E-state index in [1.165, 1.54) is 0 Å². The van der Waals surface area contributed by atoms with Crippen LogP contribution in [0, 0.1) is 12.3 Å². The van der Waals surface area contributed by atoms with Crippen molar-refractivity contribution in [1.82, 2.24) is 5.32 Å². The predicted octanol–water partition coefficient (Wildman–Crippen LogP) is 2.16. The fraction of sp³-hybridized carbons (Fsp3) is 0.250. The van der Waals surface area contributed by atoms with Crippen LogP contribution in [0.4, 0.5) is 16.2 Å². The standard InChI is InChI=1S/C12H14ClN3O/c1-4-8-14-12(17)15-10-7-5-6-9(13)11(10)16(2)3/h1,5-7H,8H2,2-3H3,(H2,14,15,17). The van der Waals surface area contributed by atoms with Gasteiger partial charge in [-0.1, -0.05) is 23.6 Å². The van der Waals surface area contributed by atoms with Crippen molar-refractivity contribution in [1.29, 1.82) is 0 Å². The van der Waals surface area contributed by atoms with Crippen molar-refractivity contribution in [2.45, 2.75) is 0 Å². The van der Waals surface area contributed by atoms with Crippen LogP contribution in [0.5, 0.6) is 0 Å². The summed E-state index contributed by atoms with van der Waals surface area (Å²) in [5, 5.41) is 5.79. The van der Waals surface area contributed by atoms with Crippen LogP contribution in [0.3, 0.4) is 0 Å². The van der Waals surface area contributed by atoms with Crippen molar-refractivity contribution in [3.63, 3.8) is 0 Å². The van der Waals surface area contributed by atoms with Gasteiger partial charge in [-0.05, 0) is 12.1 Å². The van der Waals surface area contributed by atoms with Crippen LogP contribution in [0.25, 0.3) is 0 Å². The number of carbonyl (C=O) groups excluding carboxylic acids is 1. The summed E-state index contributed by atoms with van der Waals surface area (Å²) in [4.78, 5) is 13.3. The molecule has 2 amide bonds. The maximum atomic E-state index is 11.5. The van der Waals surface area contributed by atoms with Gasteiger partial charge in [0, 0.05) is 14.1 Å². The van der Waals surface area contributed by atoms with E-state index in [0.29, 0.717) is 10.7 Å². The number of benzene rings is 1. The Bertz CT molecular complexity index is 452. The number of urea groups is 1. The Labute approximate surface area is 106 Å². The minimum atomic E-state index is -0.353. The number of terminal acetylenes is 1. The maximum absolute atomic E-state index is 11.5. The smallest absolute Gasteiger partial charge is 0.320 e. The first kappa shape index (κ1) is 13.2. The molecule has 0 atom stereocenters. The maximum Gasteiger partial charge on any atom is 0.320 e. The Morgan fingerprint density at radius 1 is 1.53 bits per heavy atom. The molecular formula is C12H14ClN3O. The van der Waals surface area contributed by atoms with Gasteiger partial charge in [0.05, 0.1) is 22.9 Å². The van der Waals surface area contributed by atoms with Gasteiger partial charge < -0.3 is 15.5 Å². The Kier molecular flexibility index (Phi) is 4.68. The zero-order valence-electron chi connectivity index (χ0n) is 9.75. The van der Waals surface area contributed by atoms with E-state index in [0.717, 1.165) is 5.69 Å². The molecule has 0 unspecified atom stereocenters. The average molecular weight is 252 g/mol. The van der Waals surface area contributed by atoms with Crippen LogP contribution >= 0.6 is 11.6 Å². The first-order chi connectivity index (χ1) is 8.06. The molecule has 1 aromatic rings. The number of nitrogens with zero attached hydrogens (tertiary/aromatic N) is 1. The molecule has 17 heavy (non-hydrogen) atoms. The van der Waals surface area contributed by atoms with Crippen LogP contribution in [0.15, 0.2) is 18.2 Å². The normalized spacial score (nSPS) is 9.29. The summed E-state index contributed by atoms with van der Waals surface area (Å²) in [5.41, 5.74) is 1.39. The summed E-state index contributed by atoms with van der Waals surface area (Å²) in [6, 6.07) is 4.96. The lowest BCUT2D eigenvalue weighted by Gasteiger charge is -2.19. The molecule has 90 valence electrons. The van der Waals surface area contributed by atoms with Gasteiger partial charge in [-0.15, -0.1) is 6.42 Å². The summed E-state index contributed by atoms with van der Waals surface area (Å²) < 4.78 is 0. The molecule has 1 rings (SSSR count). The van der Waals surface area contributed by atoms with Crippen LogP contribution < -0.4 is 15.5 Å². The summed E-state index contributed by atoms with van der Waals surface area (Å²) in [6.07, 6.45) is 5.05. The van der Waals surface area contributed by atoms with Gasteiger partial charge in [-0.2, -0.15) is 0 Å². The molecule has 2 N–H and O–H groups in total. The van der Waals surface area contributed by atoms with E-state index in [4.69, 9.17) is 18.0 Å². The molecule has 0 aliphatic rings. The summed E-state index contributed by atoms with van der Waals surface area (Å²) in [7, 11) is 3.71. The van der Waals surface area contributed by atoms with Gasteiger partial charge in [-0.3, -0.25) is 0 Å². The molecule has 0 saturated carbocycles. The molecule has 0 aliphatic heterocycles. The number of rotatable bonds is 3. The molecule has 0 heterocycles. The first-order valence-corrected chi connectivity index (χ1v) is 5.38. The number of nitrogens with one attached hydrogen (secondary N) is 2. The number of para-hydroxylation sites is 1. The van der Waals surface area contributed by atoms with Crippen molar-refractivity contribution in [2.24, 2.45) is 0 Å². The van der Waals surface area contributed by atoms with Crippen LogP contribution in [-0.4, -0.2) is 26.7 Å². The number of carbonyl (C=O) groups is 1. The van der Waals surface area contributed by atoms with E-state index in [-0.39, 0.29) is 12.6 Å². The van der Waals surface area contributed by atoms with E-state index in [1.54, 1.807) is 18.2 Å². The predicted molar refractivity (Wildman–Crippen MR) is 71.6 cm³/mol. The third kappa shape index (κ3) is 3.58. The molecular weight excluding hydrogens is 238 g/mol. The van der Waals surface area contributed by atoms with Crippen molar-refractivity contribution >= 4 is 29.0 Å². The lowest BCUT2D eigenvalue weighted by molar-refractivity contribution is 0.253. The minimum Gasteiger partial charge on any atom is -0.375 e. The second-order valence-electron chi connectivity index (χ2n) is 3.54. The second kappa shape index (κ2) is 6.02. The summed E-state index contributed by atoms with van der Waals surface area (Å²) >= 11 is 6.07. The highest BCUT2D eigenvalue weighted by Crippen LogP contribution is 2.32. The topological polar surface area (TPSA) is 44.4 Å². The largest absolute Gasteiger partial charge is 0.375 e. The van der Waals surface area contributed by atoms with Crippen LogP contribution in [0.2, 0.25) is 5.02 Å². The van der Waals surface area contributed by atoms with Crippen molar-refractivity contribution in [2.75, 3.05) is 30.9 Å². The quantitative estimate of drug-likeness (QED) is 0.809. The zero-order valence-corrected chi connectivity index (χ0v) is 10.5. The molecule has 0 aliphatic carbocycles. The third-order valence-corrected chi connectivity index (χ3v) is 2.34. The molecule has 4 nitrogen and oxygen atoms in total. The highest BCUT2D eigenvalue weighted by Gasteiger charge is 2.10. The number of anilines is 2. The van der Waals surface area contributed by atoms with Gasteiger partial charge in [0.2, 0.25) is 0 Å². The highest BCUT2D eigenvalue weighted by atomic mass is 35.5. The van der Waals surface area contributed by atoms with Crippen molar-refractivity contribution in [3.05, 3.63) is 23.2 Å². The van der Waals surface area contributed by atoms with Crippen LogP contribution in [0.1, 0.15) is 0 Å². The summed E-state index contributed by atoms with van der Waals surface area (Å²) in [5.74, 6) is 2.32. The average Bonchev–Trinajstić information content (AvgIpc) is 2.25. The van der Waals surface area contributed by atoms with E-state index in [2.05, 4.69) is 16.6 Å². The van der Waals surface area contributed by atoms with Crippen molar-refractivity contribution < 1.29 is 4.79 Å². The Hall–Kier alpha value is -1.86. The third-order valence-electron chi connectivity index (χ3n) is 2.03. The van der Waals surface area contributed by atoms with Gasteiger partial charge in [-0.25, -0.2) is 4.79 Å². The highest BCUT2D eigenvalue weighted by molar-refractivity contribution is 6.34. The SMILES string of the molecule is C#CCNC(=O)Nc1cccc(Cl)c1N(C)C. The molecule has 5 heteroatoms. The molecule has 0 saturated heterocycles. The molecule has 0 spiro atoms.